The summed E-state index contributed by atoms with van der Waals surface area (Å²) in [6.45, 7) is 2.95. The summed E-state index contributed by atoms with van der Waals surface area (Å²) in [6, 6.07) is 5.16. The molecule has 8 heteroatoms. The first-order chi connectivity index (χ1) is 9.97. The molecule has 0 saturated heterocycles. The third kappa shape index (κ3) is 5.30. The van der Waals surface area contributed by atoms with Crippen molar-refractivity contribution in [2.45, 2.75) is 32.5 Å². The molecule has 0 fully saturated rings. The van der Waals surface area contributed by atoms with Gasteiger partial charge in [0.1, 0.15) is 6.04 Å². The molecule has 0 aromatic heterocycles. The van der Waals surface area contributed by atoms with Gasteiger partial charge in [0.25, 0.3) is 0 Å². The zero-order chi connectivity index (χ0) is 15.8. The Morgan fingerprint density at radius 3 is 2.23 bits per heavy atom. The van der Waals surface area contributed by atoms with Crippen molar-refractivity contribution >= 4 is 23.9 Å². The molecule has 0 saturated carbocycles. The molecule has 4 N–H and O–H groups in total. The molecule has 0 bridgehead atoms. The molecule has 126 valence electrons. The molecule has 1 aromatic carbocycles. The second-order valence-corrected chi connectivity index (χ2v) is 4.54. The summed E-state index contributed by atoms with van der Waals surface area (Å²) < 4.78 is 0. The first kappa shape index (κ1) is 18.6. The molecule has 0 heterocycles. The number of aliphatic hydroxyl groups excluding tert-OH is 1. The van der Waals surface area contributed by atoms with Crippen molar-refractivity contribution in [1.29, 1.82) is 0 Å². The largest absolute Gasteiger partial charge is 0.520 e. The van der Waals surface area contributed by atoms with Gasteiger partial charge in [0.15, 0.2) is 0 Å². The van der Waals surface area contributed by atoms with Gasteiger partial charge in [0.05, 0.1) is 12.6 Å². The monoisotopic (exact) mass is 549 g/mol. The quantitative estimate of drug-likeness (QED) is 0.276. The molecule has 7 nitrogen and oxygen atoms in total. The van der Waals surface area contributed by atoms with E-state index in [0.29, 0.717) is 5.69 Å². The van der Waals surface area contributed by atoms with Crippen LogP contribution in [0.3, 0.4) is 0 Å². The molecule has 1 unspecified atom stereocenters. The van der Waals surface area contributed by atoms with E-state index < -0.39 is 18.0 Å². The summed E-state index contributed by atoms with van der Waals surface area (Å²) in [5.74, 6) is -0.862. The van der Waals surface area contributed by atoms with Gasteiger partial charge in [-0.25, -0.2) is 0 Å². The fourth-order valence-electron chi connectivity index (χ4n) is 1.50. The van der Waals surface area contributed by atoms with Crippen molar-refractivity contribution in [1.82, 2.24) is 10.6 Å². The van der Waals surface area contributed by atoms with Gasteiger partial charge in [0, 0.05) is 5.69 Å². The number of nitrogens with one attached hydrogen (secondary N) is 3. The van der Waals surface area contributed by atoms with Crippen LogP contribution in [0.5, 0.6) is 0 Å². The number of hydrogen-bond donors (Lipinski definition) is 4. The van der Waals surface area contributed by atoms with Gasteiger partial charge in [-0.15, -0.1) is 0 Å². The predicted molar refractivity (Wildman–Crippen MR) is 76.9 cm³/mol. The summed E-state index contributed by atoms with van der Waals surface area (Å²) in [7, 11) is 0. The van der Waals surface area contributed by atoms with Crippen LogP contribution >= 0.6 is 0 Å². The number of rotatable bonds is 7. The van der Waals surface area contributed by atoms with Crippen molar-refractivity contribution in [2.75, 3.05) is 5.32 Å². The van der Waals surface area contributed by atoms with Crippen LogP contribution in [-0.4, -0.2) is 35.4 Å². The predicted octanol–water partition coefficient (Wildman–Crippen LogP) is -0.333. The minimum absolute atomic E-state index is 0. The van der Waals surface area contributed by atoms with E-state index in [0.717, 1.165) is 5.56 Å². The minimum Gasteiger partial charge on any atom is -0.520 e. The van der Waals surface area contributed by atoms with E-state index in [1.807, 2.05) is 0 Å². The van der Waals surface area contributed by atoms with Crippen molar-refractivity contribution in [3.8, 4) is 0 Å². The number of aliphatic hydroxyl groups is 1. The van der Waals surface area contributed by atoms with Crippen LogP contribution in [0.4, 0.5) is 5.69 Å². The molecule has 0 aliphatic rings. The SMILES string of the molecule is CC(NC(=O)[C@H](C)N[C-]=O)C(=O)Nc1ccc(CO)cc1.[Fm]. The Morgan fingerprint density at radius 1 is 1.14 bits per heavy atom. The number of amides is 3. The van der Waals surface area contributed by atoms with Gasteiger partial charge in [0.2, 0.25) is 11.8 Å². The summed E-state index contributed by atoms with van der Waals surface area (Å²) >= 11 is 0. The van der Waals surface area contributed by atoms with Gasteiger partial charge in [-0.1, -0.05) is 12.1 Å². The van der Waals surface area contributed by atoms with E-state index in [-0.39, 0.29) is 12.5 Å². The van der Waals surface area contributed by atoms with E-state index in [1.165, 1.54) is 20.3 Å². The third-order valence-electron chi connectivity index (χ3n) is 2.82. The molecule has 1 rings (SSSR count). The number of hydrogen-bond acceptors (Lipinski definition) is 4. The third-order valence-corrected chi connectivity index (χ3v) is 2.82. The van der Waals surface area contributed by atoms with Gasteiger partial charge in [-0.3, -0.25) is 9.59 Å². The first-order valence-corrected chi connectivity index (χ1v) is 6.41. The molecule has 0 aliphatic heterocycles. The summed E-state index contributed by atoms with van der Waals surface area (Å²) in [5.41, 5.74) is 1.30. The molecular weight excluding hydrogens is 531 g/mol. The summed E-state index contributed by atoms with van der Waals surface area (Å²) in [6.07, 6.45) is 1.42. The van der Waals surface area contributed by atoms with Crippen LogP contribution in [0, 0.1) is 0 Å². The van der Waals surface area contributed by atoms with Crippen LogP contribution in [0.15, 0.2) is 24.3 Å². The topological polar surface area (TPSA) is 108 Å². The maximum atomic E-state index is 11.9. The Labute approximate surface area is 122 Å². The molecule has 0 aliphatic carbocycles. The Bertz CT molecular complexity index is 507. The Balaban J connectivity index is 0.00000441. The summed E-state index contributed by atoms with van der Waals surface area (Å²) in [5, 5.41) is 16.2. The zero-order valence-corrected chi connectivity index (χ0v) is 14.5. The van der Waals surface area contributed by atoms with E-state index >= 15 is 0 Å². The molecular formula is C14H18FmN3O4-. The molecule has 22 heavy (non-hydrogen) atoms. The molecule has 1 aromatic rings. The average molecular weight is 549 g/mol. The Hall–Kier alpha value is -3.41. The van der Waals surface area contributed by atoms with E-state index in [2.05, 4.69) is 16.0 Å². The van der Waals surface area contributed by atoms with Crippen LogP contribution in [-0.2, 0) is 21.0 Å². The standard InChI is InChI=1S/C14H18N3O4.Fm/c1-9(15-8-19)13(20)16-10(2)14(21)17-12-5-3-11(7-18)4-6-12;/h3-6,9-10,18H,7H2,1-2H3,(H,15,19)(H,16,20)(H,17,21);/q-1;/t9-,10?;/m0./s1. The van der Waals surface area contributed by atoms with Crippen molar-refractivity contribution < 1.29 is 19.5 Å². The second-order valence-electron chi connectivity index (χ2n) is 4.54. The number of benzene rings is 1. The van der Waals surface area contributed by atoms with E-state index in [4.69, 9.17) is 5.11 Å². The molecule has 2 atom stereocenters. The molecule has 0 spiro atoms. The number of anilines is 1. The van der Waals surface area contributed by atoms with Crippen LogP contribution in [0.2, 0.25) is 0 Å². The molecule has 0 radical (unpaired) electrons. The van der Waals surface area contributed by atoms with Crippen molar-refractivity contribution in [3.63, 3.8) is 0 Å². The Kier molecular flexibility index (Phi) is 7.35. The smallest absolute Gasteiger partial charge is 0.246 e. The normalized spacial score (nSPS) is 12.3. The van der Waals surface area contributed by atoms with E-state index in [9.17, 15) is 14.4 Å². The van der Waals surface area contributed by atoms with Crippen LogP contribution in [0.25, 0.3) is 0 Å². The Morgan fingerprint density at radius 2 is 1.73 bits per heavy atom. The maximum absolute atomic E-state index is 11.9. The van der Waals surface area contributed by atoms with Crippen molar-refractivity contribution in [2.24, 2.45) is 0 Å². The molecule has 3 amide bonds. The zero-order valence-electron chi connectivity index (χ0n) is 12.1. The number of carbonyl (C=O) groups is 2. The van der Waals surface area contributed by atoms with Gasteiger partial charge in [-0.2, -0.15) is 6.41 Å². The maximum Gasteiger partial charge on any atom is 0.246 e. The fraction of sp³-hybridized carbons (Fsp3) is 0.357. The van der Waals surface area contributed by atoms with Gasteiger partial charge < -0.3 is 25.9 Å². The number of carbonyl (C=O) groups excluding carboxylic acids is 3. The average Bonchev–Trinajstić information content (AvgIpc) is 2.48. The van der Waals surface area contributed by atoms with Crippen LogP contribution in [0.1, 0.15) is 19.4 Å². The van der Waals surface area contributed by atoms with Crippen molar-refractivity contribution in [3.05, 3.63) is 29.8 Å². The van der Waals surface area contributed by atoms with Gasteiger partial charge in [-0.05, 0) is 31.5 Å². The summed E-state index contributed by atoms with van der Waals surface area (Å²) in [4.78, 5) is 33.7. The van der Waals surface area contributed by atoms with Crippen LogP contribution < -0.4 is 16.0 Å². The second kappa shape index (κ2) is 8.70. The first-order valence-electron chi connectivity index (χ1n) is 6.41. The minimum atomic E-state index is -0.762. The fourth-order valence-corrected chi connectivity index (χ4v) is 1.50. The van der Waals surface area contributed by atoms with Gasteiger partial charge >= 0.3 is 0 Å². The van der Waals surface area contributed by atoms with E-state index in [1.54, 1.807) is 24.3 Å².